The molecule has 1 aromatic heterocycles. The number of aryl methyl sites for hydroxylation is 2. The SMILES string of the molecule is Cc1noc(C)c1S(=O)(=O)N1CCN(C(=O)C(C)C(C)N)CC1.Cl. The van der Waals surface area contributed by atoms with Crippen LogP contribution in [-0.2, 0) is 14.8 Å². The Morgan fingerprint density at radius 1 is 1.21 bits per heavy atom. The van der Waals surface area contributed by atoms with Crippen LogP contribution in [0.25, 0.3) is 0 Å². The van der Waals surface area contributed by atoms with E-state index in [-0.39, 0.29) is 54.0 Å². The highest BCUT2D eigenvalue weighted by molar-refractivity contribution is 7.89. The van der Waals surface area contributed by atoms with E-state index >= 15 is 0 Å². The second-order valence-electron chi connectivity index (χ2n) is 6.03. The Balaban J connectivity index is 0.00000288. The number of carbonyl (C=O) groups excluding carboxylic acids is 1. The molecule has 0 bridgehead atoms. The second kappa shape index (κ2) is 7.81. The van der Waals surface area contributed by atoms with Crippen LogP contribution < -0.4 is 5.73 Å². The average Bonchev–Trinajstić information content (AvgIpc) is 2.85. The molecule has 0 aliphatic carbocycles. The molecule has 0 aromatic carbocycles. The number of carbonyl (C=O) groups is 1. The Kier molecular flexibility index (Phi) is 6.80. The summed E-state index contributed by atoms with van der Waals surface area (Å²) < 4.78 is 31.8. The summed E-state index contributed by atoms with van der Waals surface area (Å²) in [7, 11) is -3.65. The van der Waals surface area contributed by atoms with Crippen LogP contribution in [0.2, 0.25) is 0 Å². The number of rotatable bonds is 4. The fourth-order valence-electron chi connectivity index (χ4n) is 2.63. The van der Waals surface area contributed by atoms with Crippen molar-refractivity contribution in [2.24, 2.45) is 11.7 Å². The molecule has 1 saturated heterocycles. The zero-order valence-corrected chi connectivity index (χ0v) is 16.0. The lowest BCUT2D eigenvalue weighted by molar-refractivity contribution is -0.136. The van der Waals surface area contributed by atoms with E-state index in [1.165, 1.54) is 4.31 Å². The molecule has 10 heteroatoms. The molecule has 1 amide bonds. The highest BCUT2D eigenvalue weighted by Gasteiger charge is 2.35. The van der Waals surface area contributed by atoms with Crippen LogP contribution in [0.1, 0.15) is 25.3 Å². The van der Waals surface area contributed by atoms with E-state index in [2.05, 4.69) is 5.16 Å². The molecule has 0 saturated carbocycles. The van der Waals surface area contributed by atoms with Gasteiger partial charge in [0.1, 0.15) is 10.6 Å². The highest BCUT2D eigenvalue weighted by Crippen LogP contribution is 2.24. The first-order chi connectivity index (χ1) is 10.7. The summed E-state index contributed by atoms with van der Waals surface area (Å²) in [5, 5.41) is 3.70. The number of piperazine rings is 1. The topological polar surface area (TPSA) is 110 Å². The van der Waals surface area contributed by atoms with Crippen molar-refractivity contribution in [2.45, 2.75) is 38.6 Å². The Morgan fingerprint density at radius 2 is 1.75 bits per heavy atom. The van der Waals surface area contributed by atoms with Crippen LogP contribution in [0, 0.1) is 19.8 Å². The third kappa shape index (κ3) is 3.90. The molecular weight excluding hydrogens is 356 g/mol. The zero-order valence-electron chi connectivity index (χ0n) is 14.4. The van der Waals surface area contributed by atoms with Gasteiger partial charge in [-0.3, -0.25) is 4.79 Å². The van der Waals surface area contributed by atoms with Crippen LogP contribution in [0.4, 0.5) is 0 Å². The minimum atomic E-state index is -3.65. The van der Waals surface area contributed by atoms with E-state index in [0.29, 0.717) is 18.8 Å². The molecule has 2 rings (SSSR count). The lowest BCUT2D eigenvalue weighted by Gasteiger charge is -2.35. The Labute approximate surface area is 148 Å². The van der Waals surface area contributed by atoms with Gasteiger partial charge in [0.25, 0.3) is 0 Å². The second-order valence-corrected chi connectivity index (χ2v) is 7.91. The van der Waals surface area contributed by atoms with Crippen molar-refractivity contribution >= 4 is 28.3 Å². The van der Waals surface area contributed by atoms with Gasteiger partial charge in [-0.05, 0) is 20.8 Å². The van der Waals surface area contributed by atoms with Crippen molar-refractivity contribution in [1.82, 2.24) is 14.4 Å². The summed E-state index contributed by atoms with van der Waals surface area (Å²) in [5.74, 6) is -0.0262. The molecule has 2 atom stereocenters. The number of nitrogens with two attached hydrogens (primary N) is 1. The maximum absolute atomic E-state index is 12.7. The summed E-state index contributed by atoms with van der Waals surface area (Å²) >= 11 is 0. The molecule has 138 valence electrons. The van der Waals surface area contributed by atoms with E-state index in [4.69, 9.17) is 10.3 Å². The monoisotopic (exact) mass is 380 g/mol. The minimum absolute atomic E-state index is 0. The maximum Gasteiger partial charge on any atom is 0.248 e. The third-order valence-corrected chi connectivity index (χ3v) is 6.44. The minimum Gasteiger partial charge on any atom is -0.360 e. The molecule has 1 aliphatic rings. The number of hydrogen-bond donors (Lipinski definition) is 1. The van der Waals surface area contributed by atoms with Crippen molar-refractivity contribution < 1.29 is 17.7 Å². The molecule has 1 fully saturated rings. The zero-order chi connectivity index (χ0) is 17.4. The largest absolute Gasteiger partial charge is 0.360 e. The summed E-state index contributed by atoms with van der Waals surface area (Å²) in [6, 6.07) is -0.230. The fourth-order valence-corrected chi connectivity index (χ4v) is 4.35. The van der Waals surface area contributed by atoms with Gasteiger partial charge < -0.3 is 15.2 Å². The molecule has 8 nitrogen and oxygen atoms in total. The summed E-state index contributed by atoms with van der Waals surface area (Å²) in [4.78, 5) is 14.1. The first-order valence-electron chi connectivity index (χ1n) is 7.63. The van der Waals surface area contributed by atoms with Crippen molar-refractivity contribution in [2.75, 3.05) is 26.2 Å². The van der Waals surface area contributed by atoms with Gasteiger partial charge in [-0.2, -0.15) is 4.31 Å². The first kappa shape index (κ1) is 20.9. The average molecular weight is 381 g/mol. The normalized spacial score (nSPS) is 18.8. The standard InChI is InChI=1S/C14H24N4O4S.ClH/c1-9(10(2)15)14(19)17-5-7-18(8-6-17)23(20,21)13-11(3)16-22-12(13)4;/h9-10H,5-8,15H2,1-4H3;1H. The predicted molar refractivity (Wildman–Crippen MR) is 91.4 cm³/mol. The van der Waals surface area contributed by atoms with E-state index in [9.17, 15) is 13.2 Å². The quantitative estimate of drug-likeness (QED) is 0.815. The van der Waals surface area contributed by atoms with Crippen molar-refractivity contribution in [3.05, 3.63) is 11.5 Å². The molecular formula is C14H25ClN4O4S. The molecule has 2 N–H and O–H groups in total. The van der Waals surface area contributed by atoms with E-state index in [0.717, 1.165) is 0 Å². The molecule has 1 aliphatic heterocycles. The molecule has 0 radical (unpaired) electrons. The summed E-state index contributed by atoms with van der Waals surface area (Å²) in [5.41, 5.74) is 6.12. The van der Waals surface area contributed by atoms with Gasteiger partial charge in [0, 0.05) is 32.2 Å². The van der Waals surface area contributed by atoms with Crippen molar-refractivity contribution in [1.29, 1.82) is 0 Å². The molecule has 1 aromatic rings. The van der Waals surface area contributed by atoms with E-state index in [1.807, 2.05) is 0 Å². The number of halogens is 1. The molecule has 24 heavy (non-hydrogen) atoms. The number of aromatic nitrogens is 1. The number of nitrogens with zero attached hydrogens (tertiary/aromatic N) is 3. The van der Waals surface area contributed by atoms with Crippen LogP contribution in [0.15, 0.2) is 9.42 Å². The van der Waals surface area contributed by atoms with E-state index < -0.39 is 10.0 Å². The van der Waals surface area contributed by atoms with E-state index in [1.54, 1.807) is 32.6 Å². The number of amides is 1. The van der Waals surface area contributed by atoms with Gasteiger partial charge in [-0.25, -0.2) is 8.42 Å². The van der Waals surface area contributed by atoms with Crippen molar-refractivity contribution in [3.8, 4) is 0 Å². The molecule has 0 spiro atoms. The van der Waals surface area contributed by atoms with Crippen LogP contribution in [0.3, 0.4) is 0 Å². The van der Waals surface area contributed by atoms with Gasteiger partial charge in [0.2, 0.25) is 15.9 Å². The Morgan fingerprint density at radius 3 is 2.17 bits per heavy atom. The summed E-state index contributed by atoms with van der Waals surface area (Å²) in [6.07, 6.45) is 0. The van der Waals surface area contributed by atoms with Gasteiger partial charge in [-0.15, -0.1) is 12.4 Å². The number of hydrogen-bond acceptors (Lipinski definition) is 6. The van der Waals surface area contributed by atoms with Gasteiger partial charge >= 0.3 is 0 Å². The van der Waals surface area contributed by atoms with Gasteiger partial charge in [0.15, 0.2) is 5.76 Å². The third-order valence-electron chi connectivity index (χ3n) is 4.29. The molecule has 2 heterocycles. The lowest BCUT2D eigenvalue weighted by atomic mass is 10.0. The van der Waals surface area contributed by atoms with Crippen molar-refractivity contribution in [3.63, 3.8) is 0 Å². The highest BCUT2D eigenvalue weighted by atomic mass is 35.5. The Hall–Kier alpha value is -1.16. The van der Waals surface area contributed by atoms with Gasteiger partial charge in [0.05, 0.1) is 5.92 Å². The molecule has 2 unspecified atom stereocenters. The van der Waals surface area contributed by atoms with Gasteiger partial charge in [-0.1, -0.05) is 12.1 Å². The fraction of sp³-hybridized carbons (Fsp3) is 0.714. The first-order valence-corrected chi connectivity index (χ1v) is 9.07. The summed E-state index contributed by atoms with van der Waals surface area (Å²) in [6.45, 7) is 8.00. The smallest absolute Gasteiger partial charge is 0.248 e. The number of sulfonamides is 1. The van der Waals surface area contributed by atoms with Crippen LogP contribution in [-0.4, -0.2) is 60.9 Å². The van der Waals surface area contributed by atoms with Crippen LogP contribution in [0.5, 0.6) is 0 Å². The lowest BCUT2D eigenvalue weighted by Crippen LogP contribution is -2.53. The predicted octanol–water partition coefficient (Wildman–Crippen LogP) is 0.529. The van der Waals surface area contributed by atoms with Crippen LogP contribution >= 0.6 is 12.4 Å². The maximum atomic E-state index is 12.7. The Bertz CT molecular complexity index is 661.